The van der Waals surface area contributed by atoms with Crippen LogP contribution >= 0.6 is 0 Å². The van der Waals surface area contributed by atoms with Crippen LogP contribution in [0, 0.1) is 0 Å². The standard InChI is InChI=1S/C12H16F2N2O/c1-2-7-16-10(12(15)17)8-3-5-9(6-4-8)11(13)14/h3-6,10-11,16H,2,7H2,1H3,(H2,15,17). The van der Waals surface area contributed by atoms with Crippen molar-refractivity contribution in [2.24, 2.45) is 5.73 Å². The van der Waals surface area contributed by atoms with Gasteiger partial charge in [0.15, 0.2) is 0 Å². The van der Waals surface area contributed by atoms with E-state index >= 15 is 0 Å². The number of benzene rings is 1. The van der Waals surface area contributed by atoms with Crippen LogP contribution in [0.3, 0.4) is 0 Å². The van der Waals surface area contributed by atoms with Gasteiger partial charge in [0.2, 0.25) is 5.91 Å². The summed E-state index contributed by atoms with van der Waals surface area (Å²) >= 11 is 0. The molecule has 0 fully saturated rings. The second-order valence-corrected chi connectivity index (χ2v) is 3.76. The molecule has 0 spiro atoms. The first-order chi connectivity index (χ1) is 8.06. The third-order valence-electron chi connectivity index (χ3n) is 2.40. The van der Waals surface area contributed by atoms with Gasteiger partial charge in [0.25, 0.3) is 6.43 Å². The summed E-state index contributed by atoms with van der Waals surface area (Å²) in [6.07, 6.45) is -1.64. The third-order valence-corrected chi connectivity index (χ3v) is 2.40. The molecule has 0 heterocycles. The largest absolute Gasteiger partial charge is 0.368 e. The maximum atomic E-state index is 12.4. The lowest BCUT2D eigenvalue weighted by Gasteiger charge is -2.15. The normalized spacial score (nSPS) is 12.7. The molecule has 0 bridgehead atoms. The van der Waals surface area contributed by atoms with Crippen LogP contribution in [0.1, 0.15) is 36.9 Å². The van der Waals surface area contributed by atoms with Crippen molar-refractivity contribution in [2.75, 3.05) is 6.54 Å². The van der Waals surface area contributed by atoms with Crippen LogP contribution in [-0.2, 0) is 4.79 Å². The van der Waals surface area contributed by atoms with Gasteiger partial charge < -0.3 is 11.1 Å². The van der Waals surface area contributed by atoms with Crippen molar-refractivity contribution in [1.29, 1.82) is 0 Å². The Balaban J connectivity index is 2.83. The van der Waals surface area contributed by atoms with Gasteiger partial charge in [-0.15, -0.1) is 0 Å². The maximum absolute atomic E-state index is 12.4. The molecule has 0 aromatic heterocycles. The van der Waals surface area contributed by atoms with E-state index in [2.05, 4.69) is 5.32 Å². The van der Waals surface area contributed by atoms with Crippen LogP contribution in [-0.4, -0.2) is 12.5 Å². The number of nitrogens with two attached hydrogens (primary N) is 1. The molecule has 0 aliphatic rings. The molecule has 5 heteroatoms. The average Bonchev–Trinajstić information content (AvgIpc) is 2.29. The van der Waals surface area contributed by atoms with Gasteiger partial charge in [0.05, 0.1) is 0 Å². The highest BCUT2D eigenvalue weighted by molar-refractivity contribution is 5.81. The lowest BCUT2D eigenvalue weighted by molar-refractivity contribution is -0.120. The molecule has 1 aromatic rings. The smallest absolute Gasteiger partial charge is 0.263 e. The Morgan fingerprint density at radius 2 is 1.82 bits per heavy atom. The monoisotopic (exact) mass is 242 g/mol. The van der Waals surface area contributed by atoms with Crippen molar-refractivity contribution in [2.45, 2.75) is 25.8 Å². The fourth-order valence-corrected chi connectivity index (χ4v) is 1.51. The van der Waals surface area contributed by atoms with Crippen molar-refractivity contribution >= 4 is 5.91 Å². The molecule has 1 amide bonds. The molecule has 1 rings (SSSR count). The number of rotatable bonds is 6. The molecule has 3 N–H and O–H groups in total. The Morgan fingerprint density at radius 3 is 2.24 bits per heavy atom. The van der Waals surface area contributed by atoms with Crippen LogP contribution in [0.15, 0.2) is 24.3 Å². The lowest BCUT2D eigenvalue weighted by atomic mass is 10.0. The van der Waals surface area contributed by atoms with Gasteiger partial charge >= 0.3 is 0 Å². The van der Waals surface area contributed by atoms with Gasteiger partial charge in [-0.1, -0.05) is 31.2 Å². The molecule has 17 heavy (non-hydrogen) atoms. The van der Waals surface area contributed by atoms with Crippen molar-refractivity contribution in [3.05, 3.63) is 35.4 Å². The number of primary amides is 1. The number of nitrogens with one attached hydrogen (secondary N) is 1. The summed E-state index contributed by atoms with van der Waals surface area (Å²) < 4.78 is 24.7. The van der Waals surface area contributed by atoms with E-state index in [-0.39, 0.29) is 5.56 Å². The Labute approximate surface area is 99.0 Å². The van der Waals surface area contributed by atoms with Crippen LogP contribution in [0.5, 0.6) is 0 Å². The van der Waals surface area contributed by atoms with Crippen LogP contribution in [0.2, 0.25) is 0 Å². The van der Waals surface area contributed by atoms with Gasteiger partial charge in [-0.3, -0.25) is 4.79 Å². The molecule has 1 unspecified atom stereocenters. The van der Waals surface area contributed by atoms with Crippen molar-refractivity contribution < 1.29 is 13.6 Å². The highest BCUT2D eigenvalue weighted by atomic mass is 19.3. The molecule has 1 atom stereocenters. The van der Waals surface area contributed by atoms with Crippen molar-refractivity contribution in [3.8, 4) is 0 Å². The predicted octanol–water partition coefficient (Wildman–Crippen LogP) is 2.15. The van der Waals surface area contributed by atoms with Gasteiger partial charge in [-0.05, 0) is 18.5 Å². The predicted molar refractivity (Wildman–Crippen MR) is 61.6 cm³/mol. The number of amides is 1. The first-order valence-corrected chi connectivity index (χ1v) is 5.47. The highest BCUT2D eigenvalue weighted by Crippen LogP contribution is 2.21. The molecule has 94 valence electrons. The summed E-state index contributed by atoms with van der Waals surface area (Å²) in [6.45, 7) is 2.61. The molecule has 0 radical (unpaired) electrons. The molecule has 0 saturated carbocycles. The highest BCUT2D eigenvalue weighted by Gasteiger charge is 2.17. The second-order valence-electron chi connectivity index (χ2n) is 3.76. The van der Waals surface area contributed by atoms with E-state index in [0.717, 1.165) is 6.42 Å². The third kappa shape index (κ3) is 3.78. The summed E-state index contributed by atoms with van der Waals surface area (Å²) in [7, 11) is 0. The van der Waals surface area contributed by atoms with E-state index in [0.29, 0.717) is 12.1 Å². The lowest BCUT2D eigenvalue weighted by Crippen LogP contribution is -2.34. The Bertz CT molecular complexity index is 365. The topological polar surface area (TPSA) is 55.1 Å². The molecule has 0 aliphatic heterocycles. The summed E-state index contributed by atoms with van der Waals surface area (Å²) in [5.74, 6) is -0.511. The summed E-state index contributed by atoms with van der Waals surface area (Å²) in [5.41, 5.74) is 5.80. The maximum Gasteiger partial charge on any atom is 0.263 e. The summed E-state index contributed by atoms with van der Waals surface area (Å²) in [6, 6.07) is 4.99. The number of alkyl halides is 2. The Hall–Kier alpha value is -1.49. The number of carbonyl (C=O) groups excluding carboxylic acids is 1. The fraction of sp³-hybridized carbons (Fsp3) is 0.417. The Kier molecular flexibility index (Phi) is 5.03. The average molecular weight is 242 g/mol. The minimum atomic E-state index is -2.50. The molecule has 0 saturated heterocycles. The van der Waals surface area contributed by atoms with Gasteiger partial charge in [-0.2, -0.15) is 0 Å². The van der Waals surface area contributed by atoms with Gasteiger partial charge in [0.1, 0.15) is 6.04 Å². The molecular formula is C12H16F2N2O. The summed E-state index contributed by atoms with van der Waals surface area (Å²) in [5, 5.41) is 2.97. The van der Waals surface area contributed by atoms with E-state index in [1.54, 1.807) is 0 Å². The van der Waals surface area contributed by atoms with E-state index in [1.165, 1.54) is 24.3 Å². The quantitative estimate of drug-likeness (QED) is 0.803. The van der Waals surface area contributed by atoms with Crippen LogP contribution in [0.4, 0.5) is 8.78 Å². The second kappa shape index (κ2) is 6.30. The zero-order chi connectivity index (χ0) is 12.8. The fourth-order valence-electron chi connectivity index (χ4n) is 1.51. The SMILES string of the molecule is CCCNC(C(N)=O)c1ccc(C(F)F)cc1. The number of hydrogen-bond donors (Lipinski definition) is 2. The summed E-state index contributed by atoms with van der Waals surface area (Å²) in [4.78, 5) is 11.2. The first-order valence-electron chi connectivity index (χ1n) is 5.47. The van der Waals surface area contributed by atoms with E-state index in [9.17, 15) is 13.6 Å². The number of halogens is 2. The van der Waals surface area contributed by atoms with E-state index in [4.69, 9.17) is 5.73 Å². The molecular weight excluding hydrogens is 226 g/mol. The zero-order valence-electron chi connectivity index (χ0n) is 9.62. The van der Waals surface area contributed by atoms with E-state index < -0.39 is 18.4 Å². The number of carbonyl (C=O) groups is 1. The minimum Gasteiger partial charge on any atom is -0.368 e. The molecule has 3 nitrogen and oxygen atoms in total. The van der Waals surface area contributed by atoms with E-state index in [1.807, 2.05) is 6.92 Å². The van der Waals surface area contributed by atoms with Crippen LogP contribution in [0.25, 0.3) is 0 Å². The van der Waals surface area contributed by atoms with Crippen molar-refractivity contribution in [1.82, 2.24) is 5.32 Å². The van der Waals surface area contributed by atoms with Crippen LogP contribution < -0.4 is 11.1 Å². The minimum absolute atomic E-state index is 0.0625. The molecule has 0 aliphatic carbocycles. The zero-order valence-corrected chi connectivity index (χ0v) is 9.62. The molecule has 1 aromatic carbocycles. The first kappa shape index (κ1) is 13.6. The van der Waals surface area contributed by atoms with Gasteiger partial charge in [-0.25, -0.2) is 8.78 Å². The van der Waals surface area contributed by atoms with Gasteiger partial charge in [0, 0.05) is 5.56 Å². The van der Waals surface area contributed by atoms with Crippen molar-refractivity contribution in [3.63, 3.8) is 0 Å². The number of hydrogen-bond acceptors (Lipinski definition) is 2. The Morgan fingerprint density at radius 1 is 1.29 bits per heavy atom.